The monoisotopic (exact) mass is 283 g/mol. The van der Waals surface area contributed by atoms with E-state index in [1.807, 2.05) is 6.92 Å². The first kappa shape index (κ1) is 16.4. The van der Waals surface area contributed by atoms with Crippen LogP contribution in [0.2, 0.25) is 0 Å². The zero-order valence-electron chi connectivity index (χ0n) is 12.4. The number of carbonyl (C=O) groups is 1. The molecule has 1 atom stereocenters. The van der Waals surface area contributed by atoms with Gasteiger partial charge in [0.25, 0.3) is 5.91 Å². The molecule has 1 aromatic carbocycles. The van der Waals surface area contributed by atoms with E-state index in [0.717, 1.165) is 0 Å². The van der Waals surface area contributed by atoms with E-state index in [-0.39, 0.29) is 17.7 Å². The Morgan fingerprint density at radius 3 is 2.60 bits per heavy atom. The highest BCUT2D eigenvalue weighted by Crippen LogP contribution is 2.18. The van der Waals surface area contributed by atoms with Crippen molar-refractivity contribution in [3.8, 4) is 5.75 Å². The van der Waals surface area contributed by atoms with Gasteiger partial charge in [0.2, 0.25) is 0 Å². The summed E-state index contributed by atoms with van der Waals surface area (Å²) in [5, 5.41) is 2.80. The lowest BCUT2D eigenvalue weighted by molar-refractivity contribution is 0.0791. The molecule has 4 nitrogen and oxygen atoms in total. The molecule has 0 unspecified atom stereocenters. The summed E-state index contributed by atoms with van der Waals surface area (Å²) in [5.74, 6) is -0.248. The molecule has 1 amide bonds. The quantitative estimate of drug-likeness (QED) is 0.837. The van der Waals surface area contributed by atoms with E-state index in [4.69, 9.17) is 9.47 Å². The third-order valence-corrected chi connectivity index (χ3v) is 2.61. The number of ether oxygens (including phenoxy) is 2. The number of hydrogen-bond donors (Lipinski definition) is 1. The van der Waals surface area contributed by atoms with Gasteiger partial charge in [0.1, 0.15) is 0 Å². The van der Waals surface area contributed by atoms with Crippen LogP contribution >= 0.6 is 0 Å². The lowest BCUT2D eigenvalue weighted by Gasteiger charge is -2.15. The molecule has 112 valence electrons. The van der Waals surface area contributed by atoms with E-state index in [2.05, 4.69) is 19.2 Å². The van der Waals surface area contributed by atoms with Crippen molar-refractivity contribution in [1.29, 1.82) is 0 Å². The van der Waals surface area contributed by atoms with Gasteiger partial charge in [-0.05, 0) is 31.0 Å². The SMILES string of the molecule is COc1cc(C(=O)N[C@@H](C)COCC(C)C)ccc1F. The third kappa shape index (κ3) is 5.17. The smallest absolute Gasteiger partial charge is 0.251 e. The van der Waals surface area contributed by atoms with Crippen LogP contribution in [0.5, 0.6) is 5.75 Å². The number of nitrogens with one attached hydrogen (secondary N) is 1. The zero-order chi connectivity index (χ0) is 15.1. The zero-order valence-corrected chi connectivity index (χ0v) is 12.4. The second-order valence-corrected chi connectivity index (χ2v) is 5.16. The van der Waals surface area contributed by atoms with Crippen LogP contribution in [0.3, 0.4) is 0 Å². The van der Waals surface area contributed by atoms with Crippen LogP contribution in [0, 0.1) is 11.7 Å². The van der Waals surface area contributed by atoms with E-state index in [9.17, 15) is 9.18 Å². The predicted octanol–water partition coefficient (Wildman–Crippen LogP) is 2.63. The van der Waals surface area contributed by atoms with E-state index in [1.54, 1.807) is 0 Å². The fourth-order valence-electron chi connectivity index (χ4n) is 1.63. The summed E-state index contributed by atoms with van der Waals surface area (Å²) in [6.07, 6.45) is 0. The maximum absolute atomic E-state index is 13.3. The van der Waals surface area contributed by atoms with Crippen LogP contribution in [-0.2, 0) is 4.74 Å². The lowest BCUT2D eigenvalue weighted by Crippen LogP contribution is -2.36. The van der Waals surface area contributed by atoms with Crippen molar-refractivity contribution in [3.05, 3.63) is 29.6 Å². The van der Waals surface area contributed by atoms with Gasteiger partial charge >= 0.3 is 0 Å². The van der Waals surface area contributed by atoms with Crippen LogP contribution in [-0.4, -0.2) is 32.3 Å². The van der Waals surface area contributed by atoms with Crippen LogP contribution in [0.4, 0.5) is 4.39 Å². The molecule has 0 aromatic heterocycles. The summed E-state index contributed by atoms with van der Waals surface area (Å²) in [7, 11) is 1.36. The summed E-state index contributed by atoms with van der Waals surface area (Å²) >= 11 is 0. The molecule has 1 N–H and O–H groups in total. The van der Waals surface area contributed by atoms with Crippen molar-refractivity contribution >= 4 is 5.91 Å². The summed E-state index contributed by atoms with van der Waals surface area (Å²) in [4.78, 5) is 12.0. The largest absolute Gasteiger partial charge is 0.494 e. The number of halogens is 1. The summed E-state index contributed by atoms with van der Waals surface area (Å²) in [6.45, 7) is 7.09. The van der Waals surface area contributed by atoms with Crippen LogP contribution < -0.4 is 10.1 Å². The topological polar surface area (TPSA) is 47.6 Å². The van der Waals surface area contributed by atoms with Crippen LogP contribution in [0.25, 0.3) is 0 Å². The Bertz CT molecular complexity index is 449. The highest BCUT2D eigenvalue weighted by Gasteiger charge is 2.12. The van der Waals surface area contributed by atoms with Crippen molar-refractivity contribution < 1.29 is 18.7 Å². The summed E-state index contributed by atoms with van der Waals surface area (Å²) in [6, 6.07) is 3.91. The molecule has 0 saturated heterocycles. The first-order valence-corrected chi connectivity index (χ1v) is 6.66. The predicted molar refractivity (Wildman–Crippen MR) is 75.5 cm³/mol. The lowest BCUT2D eigenvalue weighted by atomic mass is 10.2. The number of methoxy groups -OCH3 is 1. The number of benzene rings is 1. The number of hydrogen-bond acceptors (Lipinski definition) is 3. The molecule has 20 heavy (non-hydrogen) atoms. The molecule has 0 heterocycles. The average molecular weight is 283 g/mol. The van der Waals surface area contributed by atoms with Gasteiger partial charge in [-0.15, -0.1) is 0 Å². The second kappa shape index (κ2) is 7.85. The Labute approximate surface area is 119 Å². The Hall–Kier alpha value is -1.62. The minimum Gasteiger partial charge on any atom is -0.494 e. The standard InChI is InChI=1S/C15H22FNO3/c1-10(2)8-20-9-11(3)17-15(18)12-5-6-13(16)14(7-12)19-4/h5-7,10-11H,8-9H2,1-4H3,(H,17,18)/t11-/m0/s1. The van der Waals surface area contributed by atoms with Gasteiger partial charge in [-0.2, -0.15) is 0 Å². The molecule has 0 bridgehead atoms. The van der Waals surface area contributed by atoms with E-state index < -0.39 is 5.82 Å². The molecule has 1 rings (SSSR count). The maximum Gasteiger partial charge on any atom is 0.251 e. The first-order valence-electron chi connectivity index (χ1n) is 6.66. The summed E-state index contributed by atoms with van der Waals surface area (Å²) < 4.78 is 23.6. The molecule has 5 heteroatoms. The molecule has 0 saturated carbocycles. The molecule has 0 radical (unpaired) electrons. The second-order valence-electron chi connectivity index (χ2n) is 5.16. The maximum atomic E-state index is 13.3. The van der Waals surface area contributed by atoms with Crippen LogP contribution in [0.15, 0.2) is 18.2 Å². The Kier molecular flexibility index (Phi) is 6.45. The molecular formula is C15H22FNO3. The van der Waals surface area contributed by atoms with Gasteiger partial charge < -0.3 is 14.8 Å². The molecule has 0 aliphatic rings. The minimum atomic E-state index is -0.489. The Morgan fingerprint density at radius 2 is 2.00 bits per heavy atom. The van der Waals surface area contributed by atoms with E-state index in [0.29, 0.717) is 24.7 Å². The fraction of sp³-hybridized carbons (Fsp3) is 0.533. The number of amides is 1. The highest BCUT2D eigenvalue weighted by molar-refractivity contribution is 5.94. The normalized spacial score (nSPS) is 12.3. The van der Waals surface area contributed by atoms with Crippen molar-refractivity contribution in [2.24, 2.45) is 5.92 Å². The van der Waals surface area contributed by atoms with E-state index in [1.165, 1.54) is 25.3 Å². The first-order chi connectivity index (χ1) is 9.43. The number of carbonyl (C=O) groups excluding carboxylic acids is 1. The minimum absolute atomic E-state index is 0.0568. The Balaban J connectivity index is 2.53. The molecular weight excluding hydrogens is 261 g/mol. The molecule has 0 aliphatic heterocycles. The number of rotatable bonds is 7. The fourth-order valence-corrected chi connectivity index (χ4v) is 1.63. The molecule has 0 fully saturated rings. The van der Waals surface area contributed by atoms with Crippen molar-refractivity contribution in [2.75, 3.05) is 20.3 Å². The van der Waals surface area contributed by atoms with Gasteiger partial charge in [0.05, 0.1) is 13.7 Å². The van der Waals surface area contributed by atoms with Gasteiger partial charge in [0, 0.05) is 18.2 Å². The van der Waals surface area contributed by atoms with Crippen LogP contribution in [0.1, 0.15) is 31.1 Å². The van der Waals surface area contributed by atoms with Crippen molar-refractivity contribution in [2.45, 2.75) is 26.8 Å². The Morgan fingerprint density at radius 1 is 1.30 bits per heavy atom. The van der Waals surface area contributed by atoms with Crippen molar-refractivity contribution in [3.63, 3.8) is 0 Å². The highest BCUT2D eigenvalue weighted by atomic mass is 19.1. The van der Waals surface area contributed by atoms with Gasteiger partial charge in [-0.25, -0.2) is 4.39 Å². The van der Waals surface area contributed by atoms with Gasteiger partial charge in [-0.1, -0.05) is 13.8 Å². The summed E-state index contributed by atoms with van der Waals surface area (Å²) in [5.41, 5.74) is 0.360. The molecule has 0 aliphatic carbocycles. The average Bonchev–Trinajstić information content (AvgIpc) is 2.38. The van der Waals surface area contributed by atoms with E-state index >= 15 is 0 Å². The van der Waals surface area contributed by atoms with Gasteiger partial charge in [-0.3, -0.25) is 4.79 Å². The van der Waals surface area contributed by atoms with Gasteiger partial charge in [0.15, 0.2) is 11.6 Å². The molecule has 0 spiro atoms. The molecule has 1 aromatic rings. The van der Waals surface area contributed by atoms with Crippen molar-refractivity contribution in [1.82, 2.24) is 5.32 Å². The third-order valence-electron chi connectivity index (χ3n) is 2.61.